The first kappa shape index (κ1) is 13.4. The molecule has 1 aliphatic heterocycles. The number of carbonyl (C=O) groups excluding carboxylic acids is 2. The summed E-state index contributed by atoms with van der Waals surface area (Å²) in [5.74, 6) is -0.0655. The van der Waals surface area contributed by atoms with Crippen LogP contribution in [0.2, 0.25) is 0 Å². The molecule has 4 nitrogen and oxygen atoms in total. The van der Waals surface area contributed by atoms with Crippen LogP contribution in [-0.2, 0) is 16.1 Å². The molecule has 1 aliphatic carbocycles. The molecular weight excluding hydrogens is 278 g/mol. The van der Waals surface area contributed by atoms with Crippen molar-refractivity contribution in [1.82, 2.24) is 4.90 Å². The van der Waals surface area contributed by atoms with Crippen molar-refractivity contribution >= 4 is 23.5 Å². The van der Waals surface area contributed by atoms with Gasteiger partial charge in [-0.3, -0.25) is 4.79 Å². The number of ketones is 1. The minimum Gasteiger partial charge on any atom is -0.445 e. The van der Waals surface area contributed by atoms with Crippen molar-refractivity contribution in [3.05, 3.63) is 35.9 Å². The van der Waals surface area contributed by atoms with Crippen molar-refractivity contribution < 1.29 is 14.3 Å². The molecule has 0 N–H and O–H groups in total. The Kier molecular flexibility index (Phi) is 3.21. The molecule has 1 amide bonds. The fourth-order valence-electron chi connectivity index (χ4n) is 3.16. The number of fused-ring (bicyclic) bond motifs is 1. The summed E-state index contributed by atoms with van der Waals surface area (Å²) in [5.41, 5.74) is 0.940. The van der Waals surface area contributed by atoms with Gasteiger partial charge in [0, 0.05) is 12.5 Å². The van der Waals surface area contributed by atoms with E-state index in [1.165, 1.54) is 0 Å². The van der Waals surface area contributed by atoms with Crippen molar-refractivity contribution in [3.63, 3.8) is 0 Å². The second-order valence-corrected chi connectivity index (χ2v) is 6.30. The van der Waals surface area contributed by atoms with E-state index in [9.17, 15) is 9.59 Å². The molecule has 1 aromatic rings. The van der Waals surface area contributed by atoms with Gasteiger partial charge in [-0.05, 0) is 18.9 Å². The summed E-state index contributed by atoms with van der Waals surface area (Å²) in [4.78, 5) is 24.6. The number of rotatable bonds is 2. The third-order valence-corrected chi connectivity index (χ3v) is 4.62. The van der Waals surface area contributed by atoms with E-state index >= 15 is 0 Å². The van der Waals surface area contributed by atoms with Gasteiger partial charge in [-0.15, -0.1) is 11.6 Å². The normalized spacial score (nSPS) is 31.7. The number of carbonyl (C=O) groups is 2. The maximum absolute atomic E-state index is 12.1. The summed E-state index contributed by atoms with van der Waals surface area (Å²) >= 11 is 6.21. The van der Waals surface area contributed by atoms with E-state index in [4.69, 9.17) is 16.3 Å². The third kappa shape index (κ3) is 1.99. The molecule has 5 heteroatoms. The van der Waals surface area contributed by atoms with Crippen LogP contribution < -0.4 is 0 Å². The Morgan fingerprint density at radius 3 is 2.85 bits per heavy atom. The van der Waals surface area contributed by atoms with Gasteiger partial charge in [-0.25, -0.2) is 4.79 Å². The zero-order valence-corrected chi connectivity index (χ0v) is 12.0. The molecule has 106 valence electrons. The van der Waals surface area contributed by atoms with Crippen molar-refractivity contribution in [3.8, 4) is 0 Å². The van der Waals surface area contributed by atoms with Crippen LogP contribution in [0.5, 0.6) is 0 Å². The minimum absolute atomic E-state index is 0.0440. The second-order valence-electron chi connectivity index (χ2n) is 5.51. The smallest absolute Gasteiger partial charge is 0.410 e. The Bertz CT molecular complexity index is 543. The van der Waals surface area contributed by atoms with Gasteiger partial charge in [-0.1, -0.05) is 30.3 Å². The number of hydrogen-bond acceptors (Lipinski definition) is 3. The highest BCUT2D eigenvalue weighted by Gasteiger charge is 2.64. The maximum atomic E-state index is 12.1. The topological polar surface area (TPSA) is 46.6 Å². The number of alkyl halides is 1. The maximum Gasteiger partial charge on any atom is 0.410 e. The standard InChI is InChI=1S/C15H16ClNO3/c1-15(16)12-11(13(15)18)7-8-17(12)14(19)20-9-10-5-3-2-4-6-10/h2-6,11-12H,7-9H2,1H3/t11-,12+,15?/m1/s1. The zero-order chi connectivity index (χ0) is 14.3. The molecule has 2 fully saturated rings. The van der Waals surface area contributed by atoms with Crippen molar-refractivity contribution in [2.45, 2.75) is 30.9 Å². The quantitative estimate of drug-likeness (QED) is 0.788. The molecule has 1 unspecified atom stereocenters. The number of Topliss-reactive ketones (excluding diaryl/α,β-unsaturated/α-hetero) is 1. The summed E-state index contributed by atoms with van der Waals surface area (Å²) in [7, 11) is 0. The fraction of sp³-hybridized carbons (Fsp3) is 0.467. The van der Waals surface area contributed by atoms with E-state index in [-0.39, 0.29) is 30.4 Å². The first-order chi connectivity index (χ1) is 9.51. The molecule has 1 heterocycles. The Morgan fingerprint density at radius 2 is 2.15 bits per heavy atom. The molecular formula is C15H16ClNO3. The van der Waals surface area contributed by atoms with Crippen LogP contribution in [0.15, 0.2) is 30.3 Å². The number of hydrogen-bond donors (Lipinski definition) is 0. The largest absolute Gasteiger partial charge is 0.445 e. The summed E-state index contributed by atoms with van der Waals surface area (Å²) in [6.07, 6.45) is 0.299. The molecule has 0 bridgehead atoms. The molecule has 20 heavy (non-hydrogen) atoms. The Labute approximate surface area is 122 Å². The highest BCUT2D eigenvalue weighted by Crippen LogP contribution is 2.48. The summed E-state index contributed by atoms with van der Waals surface area (Å²) in [6.45, 7) is 2.46. The van der Waals surface area contributed by atoms with Crippen LogP contribution in [0.4, 0.5) is 4.79 Å². The second kappa shape index (κ2) is 4.77. The van der Waals surface area contributed by atoms with Gasteiger partial charge >= 0.3 is 6.09 Å². The molecule has 1 aromatic carbocycles. The van der Waals surface area contributed by atoms with E-state index in [0.717, 1.165) is 5.56 Å². The van der Waals surface area contributed by atoms with E-state index in [2.05, 4.69) is 0 Å². The Morgan fingerprint density at radius 1 is 1.45 bits per heavy atom. The number of benzene rings is 1. The molecule has 0 aromatic heterocycles. The summed E-state index contributed by atoms with van der Waals surface area (Å²) < 4.78 is 5.31. The van der Waals surface area contributed by atoms with Gasteiger partial charge in [0.15, 0.2) is 5.78 Å². The van der Waals surface area contributed by atoms with Gasteiger partial charge in [0.05, 0.1) is 6.04 Å². The molecule has 3 atom stereocenters. The highest BCUT2D eigenvalue weighted by atomic mass is 35.5. The van der Waals surface area contributed by atoms with E-state index < -0.39 is 4.87 Å². The predicted molar refractivity (Wildman–Crippen MR) is 74.5 cm³/mol. The molecule has 2 aliphatic rings. The van der Waals surface area contributed by atoms with Gasteiger partial charge in [-0.2, -0.15) is 0 Å². The highest BCUT2D eigenvalue weighted by molar-refractivity contribution is 6.39. The molecule has 0 radical (unpaired) electrons. The third-order valence-electron chi connectivity index (χ3n) is 4.21. The van der Waals surface area contributed by atoms with Crippen LogP contribution in [0.25, 0.3) is 0 Å². The Hall–Kier alpha value is -1.55. The minimum atomic E-state index is -0.951. The summed E-state index contributed by atoms with van der Waals surface area (Å²) in [6, 6.07) is 9.29. The first-order valence-electron chi connectivity index (χ1n) is 6.72. The van der Waals surface area contributed by atoms with Crippen LogP contribution in [0, 0.1) is 5.92 Å². The van der Waals surface area contributed by atoms with Crippen molar-refractivity contribution in [2.75, 3.05) is 6.54 Å². The van der Waals surface area contributed by atoms with Crippen molar-refractivity contribution in [2.24, 2.45) is 5.92 Å². The molecule has 3 rings (SSSR count). The lowest BCUT2D eigenvalue weighted by Crippen LogP contribution is -2.65. The van der Waals surface area contributed by atoms with Gasteiger partial charge in [0.25, 0.3) is 0 Å². The van der Waals surface area contributed by atoms with Gasteiger partial charge in [0.2, 0.25) is 0 Å². The average molecular weight is 294 g/mol. The van der Waals surface area contributed by atoms with Gasteiger partial charge in [0.1, 0.15) is 11.5 Å². The molecule has 0 spiro atoms. The van der Waals surface area contributed by atoms with Gasteiger partial charge < -0.3 is 9.64 Å². The van der Waals surface area contributed by atoms with Crippen LogP contribution in [0.1, 0.15) is 18.9 Å². The number of ether oxygens (including phenoxy) is 1. The van der Waals surface area contributed by atoms with E-state index in [1.807, 2.05) is 30.3 Å². The van der Waals surface area contributed by atoms with E-state index in [1.54, 1.807) is 11.8 Å². The molecule has 1 saturated heterocycles. The fourth-order valence-corrected chi connectivity index (χ4v) is 3.57. The predicted octanol–water partition coefficient (Wildman–Crippen LogP) is 2.59. The molecule has 1 saturated carbocycles. The average Bonchev–Trinajstić information content (AvgIpc) is 2.88. The number of likely N-dealkylation sites (tertiary alicyclic amines) is 1. The van der Waals surface area contributed by atoms with Crippen LogP contribution in [0.3, 0.4) is 0 Å². The number of amides is 1. The lowest BCUT2D eigenvalue weighted by Gasteiger charge is -2.46. The summed E-state index contributed by atoms with van der Waals surface area (Å²) in [5, 5.41) is 0. The van der Waals surface area contributed by atoms with Crippen LogP contribution >= 0.6 is 11.6 Å². The lowest BCUT2D eigenvalue weighted by atomic mass is 9.69. The van der Waals surface area contributed by atoms with Crippen molar-refractivity contribution in [1.29, 1.82) is 0 Å². The SMILES string of the molecule is CC1(Cl)C(=O)[C@@H]2CCN(C(=O)OCc3ccccc3)[C@@H]21. The van der Waals surface area contributed by atoms with E-state index in [0.29, 0.717) is 13.0 Å². The monoisotopic (exact) mass is 293 g/mol. The lowest BCUT2D eigenvalue weighted by molar-refractivity contribution is -0.136. The number of nitrogens with zero attached hydrogens (tertiary/aromatic N) is 1. The van der Waals surface area contributed by atoms with Crippen LogP contribution in [-0.4, -0.2) is 34.2 Å². The number of halogens is 1. The zero-order valence-electron chi connectivity index (χ0n) is 11.2. The Balaban J connectivity index is 1.63. The first-order valence-corrected chi connectivity index (χ1v) is 7.10.